The van der Waals surface area contributed by atoms with E-state index in [1.807, 2.05) is 79.4 Å². The van der Waals surface area contributed by atoms with Gasteiger partial charge in [-0.25, -0.2) is 4.18 Å². The molecule has 3 aromatic carbocycles. The predicted octanol–water partition coefficient (Wildman–Crippen LogP) is 4.28. The molecule has 3 atom stereocenters. The van der Waals surface area contributed by atoms with E-state index in [9.17, 15) is 13.2 Å². The Hall–Kier alpha value is -3.08. The van der Waals surface area contributed by atoms with Crippen LogP contribution in [0.25, 0.3) is 0 Å². The average molecular weight is 592 g/mol. The number of rotatable bonds is 11. The molecule has 3 unspecified atom stereocenters. The number of nitrogens with two attached hydrogens (primary N) is 1. The summed E-state index contributed by atoms with van der Waals surface area (Å²) < 4.78 is 38.7. The van der Waals surface area contributed by atoms with E-state index >= 15 is 0 Å². The van der Waals surface area contributed by atoms with Crippen molar-refractivity contribution < 1.29 is 22.1 Å². The van der Waals surface area contributed by atoms with Crippen molar-refractivity contribution in [1.29, 1.82) is 0 Å². The highest BCUT2D eigenvalue weighted by Gasteiger charge is 2.55. The van der Waals surface area contributed by atoms with E-state index in [1.165, 1.54) is 0 Å². The quantitative estimate of drug-likeness (QED) is 0.332. The van der Waals surface area contributed by atoms with Crippen molar-refractivity contribution in [2.45, 2.75) is 55.3 Å². The van der Waals surface area contributed by atoms with Gasteiger partial charge < -0.3 is 10.5 Å². The molecular formula is C33H41N3O5S. The summed E-state index contributed by atoms with van der Waals surface area (Å²) in [5, 5.41) is 0. The molecule has 0 spiro atoms. The lowest BCUT2D eigenvalue weighted by atomic mass is 9.64. The zero-order chi connectivity index (χ0) is 30.0. The molecule has 0 radical (unpaired) electrons. The summed E-state index contributed by atoms with van der Waals surface area (Å²) in [7, 11) is -2.45. The van der Waals surface area contributed by atoms with Crippen molar-refractivity contribution in [3.05, 3.63) is 102 Å². The fraction of sp³-hybridized carbons (Fsp3) is 0.424. The third-order valence-corrected chi connectivity index (χ3v) is 10.6. The van der Waals surface area contributed by atoms with Gasteiger partial charge in [0, 0.05) is 32.8 Å². The molecule has 1 aliphatic carbocycles. The molecule has 42 heavy (non-hydrogen) atoms. The van der Waals surface area contributed by atoms with Crippen LogP contribution < -0.4 is 5.73 Å². The minimum Gasteiger partial charge on any atom is -0.383 e. The molecule has 2 aliphatic rings. The molecule has 2 fully saturated rings. The van der Waals surface area contributed by atoms with Gasteiger partial charge in [-0.05, 0) is 62.3 Å². The lowest BCUT2D eigenvalue weighted by Gasteiger charge is -2.43. The number of ether oxygens (including phenoxy) is 1. The third-order valence-electron chi connectivity index (χ3n) is 9.18. The highest BCUT2D eigenvalue weighted by molar-refractivity contribution is 7.86. The Morgan fingerprint density at radius 3 is 2.10 bits per heavy atom. The van der Waals surface area contributed by atoms with Crippen molar-refractivity contribution in [2.24, 2.45) is 11.7 Å². The molecule has 0 aromatic heterocycles. The molecule has 5 rings (SSSR count). The smallest absolute Gasteiger partial charge is 0.299 e. The van der Waals surface area contributed by atoms with Gasteiger partial charge in [-0.1, -0.05) is 78.4 Å². The maximum absolute atomic E-state index is 13.6. The molecule has 9 heteroatoms. The van der Waals surface area contributed by atoms with Crippen LogP contribution in [0, 0.1) is 12.8 Å². The Kier molecular flexibility index (Phi) is 8.87. The van der Waals surface area contributed by atoms with Crippen LogP contribution in [0.3, 0.4) is 0 Å². The molecule has 0 bridgehead atoms. The van der Waals surface area contributed by atoms with E-state index in [1.54, 1.807) is 31.4 Å². The van der Waals surface area contributed by atoms with Gasteiger partial charge in [0.2, 0.25) is 5.91 Å². The summed E-state index contributed by atoms with van der Waals surface area (Å²) in [4.78, 5) is 17.9. The zero-order valence-electron chi connectivity index (χ0n) is 24.6. The van der Waals surface area contributed by atoms with Gasteiger partial charge in [0.1, 0.15) is 5.41 Å². The minimum absolute atomic E-state index is 0.0214. The van der Waals surface area contributed by atoms with Crippen molar-refractivity contribution >= 4 is 16.0 Å². The van der Waals surface area contributed by atoms with Crippen molar-refractivity contribution in [1.82, 2.24) is 9.80 Å². The fourth-order valence-corrected chi connectivity index (χ4v) is 8.27. The lowest BCUT2D eigenvalue weighted by molar-refractivity contribution is -0.150. The number of hydrogen-bond donors (Lipinski definition) is 1. The largest absolute Gasteiger partial charge is 0.383 e. The minimum atomic E-state index is -4.08. The fourth-order valence-electron chi connectivity index (χ4n) is 7.09. The molecule has 1 heterocycles. The van der Waals surface area contributed by atoms with Crippen LogP contribution >= 0.6 is 0 Å². The second-order valence-electron chi connectivity index (χ2n) is 11.5. The van der Waals surface area contributed by atoms with Crippen LogP contribution in [0.5, 0.6) is 0 Å². The van der Waals surface area contributed by atoms with Crippen LogP contribution in [0.4, 0.5) is 0 Å². The standard InChI is InChI=1S/C33H41N3O5S/c1-25-14-18-30(19-15-25)42(38,39)41-32(2)35(22-23-40-3)20-21-36(32)29-17-16-28(24-29)33(31(34)37,26-10-6-4-7-11-26)27-12-8-5-9-13-27/h4-15,18-19,28-29H,16-17,20-24H2,1-3H3,(H2,34,37). The van der Waals surface area contributed by atoms with E-state index in [2.05, 4.69) is 4.90 Å². The van der Waals surface area contributed by atoms with Crippen LogP contribution in [0.1, 0.15) is 42.9 Å². The van der Waals surface area contributed by atoms with Gasteiger partial charge >= 0.3 is 0 Å². The Morgan fingerprint density at radius 2 is 1.55 bits per heavy atom. The van der Waals surface area contributed by atoms with Crippen LogP contribution in [0.15, 0.2) is 89.8 Å². The highest BCUT2D eigenvalue weighted by Crippen LogP contribution is 2.49. The van der Waals surface area contributed by atoms with Crippen LogP contribution in [0.2, 0.25) is 0 Å². The molecule has 8 nitrogen and oxygen atoms in total. The van der Waals surface area contributed by atoms with E-state index in [0.717, 1.165) is 29.5 Å². The first-order valence-electron chi connectivity index (χ1n) is 14.6. The van der Waals surface area contributed by atoms with Gasteiger partial charge in [-0.2, -0.15) is 8.42 Å². The van der Waals surface area contributed by atoms with Crippen molar-refractivity contribution in [3.8, 4) is 0 Å². The summed E-state index contributed by atoms with van der Waals surface area (Å²) in [6.07, 6.45) is 2.20. The number of hydrogen-bond acceptors (Lipinski definition) is 7. The van der Waals surface area contributed by atoms with Crippen LogP contribution in [-0.4, -0.2) is 69.4 Å². The van der Waals surface area contributed by atoms with Gasteiger partial charge in [-0.3, -0.25) is 14.6 Å². The SMILES string of the molecule is COCCN1CCN(C2CCC(C(C(N)=O)(c3ccccc3)c3ccccc3)C2)C1(C)OS(=O)(=O)c1ccc(C)cc1. The van der Waals surface area contributed by atoms with Gasteiger partial charge in [-0.15, -0.1) is 0 Å². The van der Waals surface area contributed by atoms with Crippen molar-refractivity contribution in [3.63, 3.8) is 0 Å². The highest BCUT2D eigenvalue weighted by atomic mass is 32.2. The molecule has 2 N–H and O–H groups in total. The summed E-state index contributed by atoms with van der Waals surface area (Å²) >= 11 is 0. The first kappa shape index (κ1) is 30.4. The molecule has 3 aromatic rings. The second-order valence-corrected chi connectivity index (χ2v) is 13.1. The number of primary amides is 1. The molecular weight excluding hydrogens is 550 g/mol. The monoisotopic (exact) mass is 591 g/mol. The Bertz CT molecular complexity index is 1430. The number of methoxy groups -OCH3 is 1. The molecule has 1 amide bonds. The molecule has 224 valence electrons. The molecule has 1 saturated carbocycles. The number of aryl methyl sites for hydroxylation is 1. The predicted molar refractivity (Wildman–Crippen MR) is 162 cm³/mol. The summed E-state index contributed by atoms with van der Waals surface area (Å²) in [5.74, 6) is -1.69. The second kappa shape index (κ2) is 12.3. The van der Waals surface area contributed by atoms with E-state index in [4.69, 9.17) is 14.7 Å². The third kappa shape index (κ3) is 5.52. The summed E-state index contributed by atoms with van der Waals surface area (Å²) in [6.45, 7) is 5.96. The number of amides is 1. The van der Waals surface area contributed by atoms with Crippen molar-refractivity contribution in [2.75, 3.05) is 33.4 Å². The summed E-state index contributed by atoms with van der Waals surface area (Å²) in [5.41, 5.74) is 8.02. The number of nitrogens with zero attached hydrogens (tertiary/aromatic N) is 2. The Morgan fingerprint density at radius 1 is 0.952 bits per heavy atom. The number of carbonyl (C=O) groups is 1. The first-order chi connectivity index (χ1) is 20.1. The van der Waals surface area contributed by atoms with Gasteiger partial charge in [0.05, 0.1) is 11.5 Å². The normalized spacial score (nSPS) is 23.8. The maximum atomic E-state index is 13.6. The Labute approximate surface area is 249 Å². The molecule has 1 saturated heterocycles. The Balaban J connectivity index is 1.50. The number of carbonyl (C=O) groups excluding carboxylic acids is 1. The lowest BCUT2D eigenvalue weighted by Crippen LogP contribution is -2.57. The van der Waals surface area contributed by atoms with E-state index < -0.39 is 21.4 Å². The zero-order valence-corrected chi connectivity index (χ0v) is 25.4. The topological polar surface area (TPSA) is 102 Å². The average Bonchev–Trinajstić information content (AvgIpc) is 3.57. The summed E-state index contributed by atoms with van der Waals surface area (Å²) in [6, 6.07) is 26.3. The maximum Gasteiger partial charge on any atom is 0.299 e. The van der Waals surface area contributed by atoms with E-state index in [-0.39, 0.29) is 22.8 Å². The molecule has 1 aliphatic heterocycles. The van der Waals surface area contributed by atoms with Crippen LogP contribution in [-0.2, 0) is 29.2 Å². The number of benzene rings is 3. The first-order valence-corrected chi connectivity index (χ1v) is 16.0. The van der Waals surface area contributed by atoms with Gasteiger partial charge in [0.15, 0.2) is 5.85 Å². The van der Waals surface area contributed by atoms with Gasteiger partial charge in [0.25, 0.3) is 10.1 Å². The van der Waals surface area contributed by atoms with E-state index in [0.29, 0.717) is 32.7 Å².